The molecule has 0 atom stereocenters. The first-order valence-electron chi connectivity index (χ1n) is 4.12. The van der Waals surface area contributed by atoms with Crippen molar-refractivity contribution in [1.82, 2.24) is 9.97 Å². The molecule has 2 aromatic rings. The molecule has 0 spiro atoms. The van der Waals surface area contributed by atoms with Crippen LogP contribution < -0.4 is 10.3 Å². The third-order valence-corrected chi connectivity index (χ3v) is 2.89. The van der Waals surface area contributed by atoms with Gasteiger partial charge in [0, 0.05) is 4.47 Å². The lowest BCUT2D eigenvalue weighted by atomic mass is 10.2. The van der Waals surface area contributed by atoms with Gasteiger partial charge in [0.2, 0.25) is 0 Å². The van der Waals surface area contributed by atoms with Gasteiger partial charge in [-0.15, -0.1) is 0 Å². The molecular formula is C9H7BrN2O2S. The van der Waals surface area contributed by atoms with Crippen LogP contribution in [0.1, 0.15) is 0 Å². The average Bonchev–Trinajstić information content (AvgIpc) is 2.17. The number of hydrogen-bond donors (Lipinski definition) is 2. The van der Waals surface area contributed by atoms with Crippen LogP contribution in [0.5, 0.6) is 5.75 Å². The first kappa shape index (κ1) is 10.4. The van der Waals surface area contributed by atoms with Gasteiger partial charge in [-0.1, -0.05) is 0 Å². The zero-order valence-electron chi connectivity index (χ0n) is 7.76. The van der Waals surface area contributed by atoms with E-state index in [0.717, 1.165) is 0 Å². The van der Waals surface area contributed by atoms with Crippen molar-refractivity contribution in [3.05, 3.63) is 31.7 Å². The van der Waals surface area contributed by atoms with Crippen molar-refractivity contribution >= 4 is 39.1 Å². The molecule has 2 rings (SSSR count). The van der Waals surface area contributed by atoms with Crippen LogP contribution in [-0.2, 0) is 0 Å². The van der Waals surface area contributed by atoms with Crippen molar-refractivity contribution in [3.63, 3.8) is 0 Å². The van der Waals surface area contributed by atoms with Crippen LogP contribution in [0.25, 0.3) is 10.9 Å². The van der Waals surface area contributed by atoms with Crippen LogP contribution in [0.4, 0.5) is 0 Å². The fraction of sp³-hybridized carbons (Fsp3) is 0.111. The summed E-state index contributed by atoms with van der Waals surface area (Å²) in [6, 6.07) is 3.52. The van der Waals surface area contributed by atoms with Crippen molar-refractivity contribution in [2.24, 2.45) is 0 Å². The van der Waals surface area contributed by atoms with E-state index in [4.69, 9.17) is 17.0 Å². The molecule has 0 amide bonds. The Balaban J connectivity index is 3.07. The number of benzene rings is 1. The number of nitrogens with one attached hydrogen (secondary N) is 2. The van der Waals surface area contributed by atoms with E-state index in [2.05, 4.69) is 25.9 Å². The second-order valence-corrected chi connectivity index (χ2v) is 4.17. The summed E-state index contributed by atoms with van der Waals surface area (Å²) >= 11 is 8.20. The van der Waals surface area contributed by atoms with Gasteiger partial charge in [-0.25, -0.2) is 0 Å². The van der Waals surface area contributed by atoms with E-state index in [9.17, 15) is 4.79 Å². The molecule has 0 aliphatic heterocycles. The van der Waals surface area contributed by atoms with E-state index in [0.29, 0.717) is 21.1 Å². The van der Waals surface area contributed by atoms with Gasteiger partial charge in [0.15, 0.2) is 4.77 Å². The first-order chi connectivity index (χ1) is 7.13. The zero-order chi connectivity index (χ0) is 11.0. The fourth-order valence-corrected chi connectivity index (χ4v) is 2.09. The number of aromatic nitrogens is 2. The minimum atomic E-state index is -0.237. The number of fused-ring (bicyclic) bond motifs is 1. The summed E-state index contributed by atoms with van der Waals surface area (Å²) in [6.07, 6.45) is 0. The van der Waals surface area contributed by atoms with Crippen LogP contribution in [0, 0.1) is 4.77 Å². The predicted octanol–water partition coefficient (Wildman–Crippen LogP) is 2.36. The highest BCUT2D eigenvalue weighted by molar-refractivity contribution is 9.10. The SMILES string of the molecule is COc1ccc(Br)c2c(=O)[nH]c(=S)[nH]c12. The second kappa shape index (κ2) is 3.79. The van der Waals surface area contributed by atoms with Gasteiger partial charge < -0.3 is 9.72 Å². The summed E-state index contributed by atoms with van der Waals surface area (Å²) in [4.78, 5) is 17.1. The number of hydrogen-bond acceptors (Lipinski definition) is 3. The molecule has 0 saturated carbocycles. The predicted molar refractivity (Wildman–Crippen MR) is 64.0 cm³/mol. The Kier molecular flexibility index (Phi) is 2.62. The molecule has 1 aromatic heterocycles. The molecule has 0 fully saturated rings. The maximum Gasteiger partial charge on any atom is 0.260 e. The van der Waals surface area contributed by atoms with Crippen LogP contribution in [0.15, 0.2) is 21.4 Å². The molecule has 0 bridgehead atoms. The number of H-pyrrole nitrogens is 2. The Morgan fingerprint density at radius 3 is 2.80 bits per heavy atom. The van der Waals surface area contributed by atoms with Gasteiger partial charge in [-0.3, -0.25) is 9.78 Å². The van der Waals surface area contributed by atoms with E-state index in [1.54, 1.807) is 19.2 Å². The molecular weight excluding hydrogens is 280 g/mol. The minimum Gasteiger partial charge on any atom is -0.495 e. The fourth-order valence-electron chi connectivity index (χ4n) is 1.38. The van der Waals surface area contributed by atoms with E-state index >= 15 is 0 Å². The van der Waals surface area contributed by atoms with Crippen LogP contribution in [0.2, 0.25) is 0 Å². The number of ether oxygens (including phenoxy) is 1. The molecule has 78 valence electrons. The maximum atomic E-state index is 11.7. The molecule has 1 aromatic carbocycles. The van der Waals surface area contributed by atoms with Gasteiger partial charge in [-0.2, -0.15) is 0 Å². The Hall–Kier alpha value is -1.14. The summed E-state index contributed by atoms with van der Waals surface area (Å²) in [5.74, 6) is 0.588. The van der Waals surface area contributed by atoms with E-state index in [1.807, 2.05) is 0 Å². The summed E-state index contributed by atoms with van der Waals surface area (Å²) in [5.41, 5.74) is 0.361. The molecule has 0 aliphatic rings. The van der Waals surface area contributed by atoms with Gasteiger partial charge in [0.1, 0.15) is 5.75 Å². The van der Waals surface area contributed by atoms with E-state index < -0.39 is 0 Å². The molecule has 1 heterocycles. The van der Waals surface area contributed by atoms with Crippen molar-refractivity contribution in [2.45, 2.75) is 0 Å². The molecule has 15 heavy (non-hydrogen) atoms. The summed E-state index contributed by atoms with van der Waals surface area (Å²) in [7, 11) is 1.54. The normalized spacial score (nSPS) is 10.5. The number of aromatic amines is 2. The molecule has 0 aliphatic carbocycles. The van der Waals surface area contributed by atoms with Gasteiger partial charge in [-0.05, 0) is 40.3 Å². The summed E-state index contributed by atoms with van der Waals surface area (Å²) < 4.78 is 6.12. The topological polar surface area (TPSA) is 57.9 Å². The van der Waals surface area contributed by atoms with Crippen molar-refractivity contribution in [1.29, 1.82) is 0 Å². The standard InChI is InChI=1S/C9H7BrN2O2S/c1-14-5-3-2-4(10)6-7(5)11-9(15)12-8(6)13/h2-3H,1H3,(H2,11,12,13,15). The molecule has 2 N–H and O–H groups in total. The first-order valence-corrected chi connectivity index (χ1v) is 5.32. The maximum absolute atomic E-state index is 11.7. The highest BCUT2D eigenvalue weighted by Crippen LogP contribution is 2.27. The van der Waals surface area contributed by atoms with Gasteiger partial charge in [0.25, 0.3) is 5.56 Å². The van der Waals surface area contributed by atoms with Gasteiger partial charge >= 0.3 is 0 Å². The van der Waals surface area contributed by atoms with Crippen molar-refractivity contribution in [3.8, 4) is 5.75 Å². The minimum absolute atomic E-state index is 0.237. The number of rotatable bonds is 1. The number of methoxy groups -OCH3 is 1. The Labute approximate surface area is 98.4 Å². The van der Waals surface area contributed by atoms with E-state index in [1.165, 1.54) is 0 Å². The highest BCUT2D eigenvalue weighted by Gasteiger charge is 2.08. The van der Waals surface area contributed by atoms with Crippen LogP contribution >= 0.6 is 28.1 Å². The smallest absolute Gasteiger partial charge is 0.260 e. The monoisotopic (exact) mass is 286 g/mol. The Bertz CT molecular complexity index is 632. The molecule has 0 radical (unpaired) electrons. The third kappa shape index (κ3) is 1.70. The summed E-state index contributed by atoms with van der Waals surface area (Å²) in [6.45, 7) is 0. The van der Waals surface area contributed by atoms with Crippen molar-refractivity contribution in [2.75, 3.05) is 7.11 Å². The zero-order valence-corrected chi connectivity index (χ0v) is 10.2. The van der Waals surface area contributed by atoms with E-state index in [-0.39, 0.29) is 10.3 Å². The third-order valence-electron chi connectivity index (χ3n) is 2.03. The summed E-state index contributed by atoms with van der Waals surface area (Å²) in [5, 5.41) is 0.503. The van der Waals surface area contributed by atoms with Gasteiger partial charge in [0.05, 0.1) is 18.0 Å². The lowest BCUT2D eigenvalue weighted by molar-refractivity contribution is 0.418. The Morgan fingerprint density at radius 2 is 2.13 bits per heavy atom. The van der Waals surface area contributed by atoms with Crippen LogP contribution in [-0.4, -0.2) is 17.1 Å². The van der Waals surface area contributed by atoms with Crippen LogP contribution in [0.3, 0.4) is 0 Å². The Morgan fingerprint density at radius 1 is 1.40 bits per heavy atom. The highest BCUT2D eigenvalue weighted by atomic mass is 79.9. The quantitative estimate of drug-likeness (QED) is 0.792. The molecule has 4 nitrogen and oxygen atoms in total. The molecule has 0 saturated heterocycles. The lowest BCUT2D eigenvalue weighted by Crippen LogP contribution is -2.09. The van der Waals surface area contributed by atoms with Crippen molar-refractivity contribution < 1.29 is 4.74 Å². The largest absolute Gasteiger partial charge is 0.495 e. The second-order valence-electron chi connectivity index (χ2n) is 2.91. The molecule has 0 unspecified atom stereocenters. The lowest BCUT2D eigenvalue weighted by Gasteiger charge is -2.05. The number of halogens is 1. The average molecular weight is 287 g/mol. The molecule has 6 heteroatoms.